The van der Waals surface area contributed by atoms with Crippen molar-refractivity contribution in [2.24, 2.45) is 0 Å². The molecule has 5 rings (SSSR count). The lowest BCUT2D eigenvalue weighted by Crippen LogP contribution is -2.47. The Hall–Kier alpha value is -3.16. The number of benzene rings is 1. The molecule has 1 fully saturated rings. The van der Waals surface area contributed by atoms with Crippen molar-refractivity contribution >= 4 is 11.7 Å². The molecule has 8 heteroatoms. The maximum Gasteiger partial charge on any atom is 0.410 e. The Labute approximate surface area is 185 Å². The van der Waals surface area contributed by atoms with Crippen LogP contribution in [0.3, 0.4) is 0 Å². The molecule has 1 aromatic carbocycles. The molecular formula is C24H27FN4O3. The molecule has 32 heavy (non-hydrogen) atoms. The monoisotopic (exact) mass is 438 g/mol. The zero-order valence-corrected chi connectivity index (χ0v) is 18.6. The predicted octanol–water partition coefficient (Wildman–Crippen LogP) is 4.04. The minimum Gasteiger partial charge on any atom is -0.444 e. The highest BCUT2D eigenvalue weighted by molar-refractivity contribution is 5.68. The van der Waals surface area contributed by atoms with Crippen LogP contribution in [0.5, 0.6) is 0 Å². The summed E-state index contributed by atoms with van der Waals surface area (Å²) in [6, 6.07) is 9.09. The van der Waals surface area contributed by atoms with Gasteiger partial charge in [0.1, 0.15) is 11.3 Å². The van der Waals surface area contributed by atoms with Crippen molar-refractivity contribution in [3.63, 3.8) is 0 Å². The van der Waals surface area contributed by atoms with E-state index < -0.39 is 11.4 Å². The minimum atomic E-state index is -0.547. The average molecular weight is 439 g/mol. The summed E-state index contributed by atoms with van der Waals surface area (Å²) in [6.07, 6.45) is 2.43. The lowest BCUT2D eigenvalue weighted by Gasteiger charge is -2.39. The summed E-state index contributed by atoms with van der Waals surface area (Å²) in [5.41, 5.74) is 1.17. The Kier molecular flexibility index (Phi) is 4.65. The van der Waals surface area contributed by atoms with Gasteiger partial charge in [-0.3, -0.25) is 9.89 Å². The predicted molar refractivity (Wildman–Crippen MR) is 118 cm³/mol. The van der Waals surface area contributed by atoms with Crippen molar-refractivity contribution in [3.05, 3.63) is 57.8 Å². The largest absolute Gasteiger partial charge is 0.444 e. The number of carbonyl (C=O) groups is 1. The van der Waals surface area contributed by atoms with Gasteiger partial charge in [0.05, 0.1) is 5.69 Å². The third-order valence-electron chi connectivity index (χ3n) is 6.60. The van der Waals surface area contributed by atoms with Crippen LogP contribution in [0, 0.1) is 5.82 Å². The second kappa shape index (κ2) is 7.18. The van der Waals surface area contributed by atoms with E-state index >= 15 is 4.39 Å². The zero-order chi connectivity index (χ0) is 22.7. The molecule has 2 aromatic heterocycles. The number of hydrogen-bond acceptors (Lipinski definition) is 4. The quantitative estimate of drug-likeness (QED) is 0.622. The third kappa shape index (κ3) is 3.29. The Morgan fingerprint density at radius 1 is 1.16 bits per heavy atom. The number of nitrogens with zero attached hydrogens (tertiary/aromatic N) is 3. The van der Waals surface area contributed by atoms with Crippen LogP contribution in [0.4, 0.5) is 9.18 Å². The lowest BCUT2D eigenvalue weighted by atomic mass is 9.74. The number of aromatic amines is 1. The van der Waals surface area contributed by atoms with E-state index in [0.717, 1.165) is 6.42 Å². The first kappa shape index (κ1) is 20.7. The molecule has 0 saturated carbocycles. The summed E-state index contributed by atoms with van der Waals surface area (Å²) in [6.45, 7) is 6.58. The standard InChI is InChI=1S/C24H27FN4O3/c1-23(2,3)32-22(31)28-13-11-24(12-14-28)10-9-16-17(24)21(30)29-20(26-16)18(25)19(27-29)15-7-5-4-6-8-15/h4-8,27H,9-14H2,1-3H3. The van der Waals surface area contributed by atoms with Crippen LogP contribution in [0.15, 0.2) is 35.1 Å². The molecule has 0 unspecified atom stereocenters. The van der Waals surface area contributed by atoms with Gasteiger partial charge >= 0.3 is 6.09 Å². The minimum absolute atomic E-state index is 0.0378. The summed E-state index contributed by atoms with van der Waals surface area (Å²) < 4.78 is 21.9. The Morgan fingerprint density at radius 3 is 2.50 bits per heavy atom. The molecule has 2 aliphatic rings. The first-order valence-electron chi connectivity index (χ1n) is 11.1. The fourth-order valence-corrected chi connectivity index (χ4v) is 5.03. The second-order valence-corrected chi connectivity index (χ2v) is 9.81. The maximum absolute atomic E-state index is 15.2. The number of nitrogens with one attached hydrogen (secondary N) is 1. The van der Waals surface area contributed by atoms with Crippen molar-refractivity contribution in [3.8, 4) is 11.3 Å². The van der Waals surface area contributed by atoms with Crippen LogP contribution >= 0.6 is 0 Å². The van der Waals surface area contributed by atoms with Gasteiger partial charge in [-0.05, 0) is 46.5 Å². The van der Waals surface area contributed by atoms with Gasteiger partial charge < -0.3 is 9.64 Å². The number of piperidine rings is 1. The van der Waals surface area contributed by atoms with Crippen LogP contribution in [-0.4, -0.2) is 44.3 Å². The summed E-state index contributed by atoms with van der Waals surface area (Å²) >= 11 is 0. The van der Waals surface area contributed by atoms with Gasteiger partial charge in [-0.2, -0.15) is 4.52 Å². The molecule has 0 atom stereocenters. The molecule has 3 heterocycles. The van der Waals surface area contributed by atoms with Crippen molar-refractivity contribution in [2.45, 2.75) is 57.5 Å². The smallest absolute Gasteiger partial charge is 0.410 e. The van der Waals surface area contributed by atoms with Gasteiger partial charge in [0, 0.05) is 29.6 Å². The first-order valence-corrected chi connectivity index (χ1v) is 11.1. The Morgan fingerprint density at radius 2 is 1.84 bits per heavy atom. The van der Waals surface area contributed by atoms with Gasteiger partial charge in [-0.15, -0.1) is 0 Å². The van der Waals surface area contributed by atoms with Gasteiger partial charge in [0.15, 0.2) is 11.5 Å². The number of likely N-dealkylation sites (tertiary alicyclic amines) is 1. The summed E-state index contributed by atoms with van der Waals surface area (Å²) in [7, 11) is 0. The van der Waals surface area contributed by atoms with Crippen LogP contribution in [0.25, 0.3) is 16.9 Å². The number of halogens is 1. The summed E-state index contributed by atoms with van der Waals surface area (Å²) in [4.78, 5) is 32.2. The SMILES string of the molecule is CC(C)(C)OC(=O)N1CCC2(CCc3nc4c(F)c(-c5ccccc5)[nH]n4c(=O)c32)CC1. The van der Waals surface area contributed by atoms with E-state index in [4.69, 9.17) is 4.74 Å². The number of ether oxygens (including phenoxy) is 1. The average Bonchev–Trinajstić information content (AvgIpc) is 3.27. The van der Waals surface area contributed by atoms with Crippen molar-refractivity contribution in [1.29, 1.82) is 0 Å². The summed E-state index contributed by atoms with van der Waals surface area (Å²) in [5.74, 6) is -0.517. The van der Waals surface area contributed by atoms with E-state index in [-0.39, 0.29) is 28.4 Å². The molecule has 0 bridgehead atoms. The Balaban J connectivity index is 1.49. The molecule has 1 amide bonds. The number of aryl methyl sites for hydroxylation is 1. The molecule has 1 aliphatic carbocycles. The normalized spacial score (nSPS) is 17.7. The Bertz CT molecular complexity index is 1250. The molecule has 1 N–H and O–H groups in total. The molecule has 0 radical (unpaired) electrons. The van der Waals surface area contributed by atoms with E-state index in [1.807, 2.05) is 39.0 Å². The van der Waals surface area contributed by atoms with E-state index in [2.05, 4.69) is 10.1 Å². The molecule has 7 nitrogen and oxygen atoms in total. The molecule has 1 saturated heterocycles. The van der Waals surface area contributed by atoms with Crippen molar-refractivity contribution < 1.29 is 13.9 Å². The van der Waals surface area contributed by atoms with Gasteiger partial charge in [0.2, 0.25) is 0 Å². The number of carbonyl (C=O) groups excluding carboxylic acids is 1. The molecular weight excluding hydrogens is 411 g/mol. The van der Waals surface area contributed by atoms with Crippen LogP contribution in [0.2, 0.25) is 0 Å². The van der Waals surface area contributed by atoms with Crippen molar-refractivity contribution in [2.75, 3.05) is 13.1 Å². The van der Waals surface area contributed by atoms with E-state index in [0.29, 0.717) is 49.2 Å². The fraction of sp³-hybridized carbons (Fsp3) is 0.458. The first-order chi connectivity index (χ1) is 15.2. The van der Waals surface area contributed by atoms with E-state index in [1.165, 1.54) is 4.52 Å². The topological polar surface area (TPSA) is 79.7 Å². The number of fused-ring (bicyclic) bond motifs is 3. The van der Waals surface area contributed by atoms with E-state index in [9.17, 15) is 9.59 Å². The number of hydrogen-bond donors (Lipinski definition) is 1. The molecule has 1 aliphatic heterocycles. The maximum atomic E-state index is 15.2. The van der Waals surface area contributed by atoms with Crippen LogP contribution < -0.4 is 5.56 Å². The van der Waals surface area contributed by atoms with Crippen LogP contribution in [0.1, 0.15) is 51.3 Å². The zero-order valence-electron chi connectivity index (χ0n) is 18.6. The van der Waals surface area contributed by atoms with Gasteiger partial charge in [0.25, 0.3) is 5.56 Å². The van der Waals surface area contributed by atoms with Gasteiger partial charge in [-0.1, -0.05) is 30.3 Å². The number of amides is 1. The van der Waals surface area contributed by atoms with Crippen LogP contribution in [-0.2, 0) is 16.6 Å². The third-order valence-corrected chi connectivity index (χ3v) is 6.60. The summed E-state index contributed by atoms with van der Waals surface area (Å²) in [5, 5.41) is 2.94. The van der Waals surface area contributed by atoms with E-state index in [1.54, 1.807) is 17.0 Å². The second-order valence-electron chi connectivity index (χ2n) is 9.81. The number of aromatic nitrogens is 3. The number of H-pyrrole nitrogens is 1. The molecule has 168 valence electrons. The highest BCUT2D eigenvalue weighted by atomic mass is 19.1. The van der Waals surface area contributed by atoms with Crippen molar-refractivity contribution in [1.82, 2.24) is 19.5 Å². The number of rotatable bonds is 1. The van der Waals surface area contributed by atoms with Gasteiger partial charge in [-0.25, -0.2) is 14.2 Å². The lowest BCUT2D eigenvalue weighted by molar-refractivity contribution is 0.0163. The molecule has 3 aromatic rings. The highest BCUT2D eigenvalue weighted by Crippen LogP contribution is 2.44. The highest BCUT2D eigenvalue weighted by Gasteiger charge is 2.46. The fourth-order valence-electron chi connectivity index (χ4n) is 5.03. The molecule has 1 spiro atoms.